The Bertz CT molecular complexity index is 451. The number of fused-ring (bicyclic) bond motifs is 2. The molecule has 98 valence electrons. The van der Waals surface area contributed by atoms with Crippen molar-refractivity contribution in [2.24, 2.45) is 11.7 Å². The van der Waals surface area contributed by atoms with Gasteiger partial charge in [-0.05, 0) is 48.9 Å². The number of halogens is 2. The van der Waals surface area contributed by atoms with Gasteiger partial charge in [0.25, 0.3) is 0 Å². The van der Waals surface area contributed by atoms with Gasteiger partial charge >= 0.3 is 0 Å². The van der Waals surface area contributed by atoms with E-state index < -0.39 is 0 Å². The highest BCUT2D eigenvalue weighted by Crippen LogP contribution is 2.43. The second kappa shape index (κ2) is 5.12. The van der Waals surface area contributed by atoms with Crippen molar-refractivity contribution in [2.75, 3.05) is 13.1 Å². The molecule has 0 aromatic heterocycles. The molecule has 0 spiro atoms. The molecule has 1 saturated heterocycles. The number of rotatable bonds is 3. The van der Waals surface area contributed by atoms with Crippen molar-refractivity contribution in [1.82, 2.24) is 4.90 Å². The van der Waals surface area contributed by atoms with Crippen LogP contribution in [-0.2, 0) is 0 Å². The van der Waals surface area contributed by atoms with Crippen LogP contribution >= 0.6 is 27.5 Å². The van der Waals surface area contributed by atoms with Gasteiger partial charge in [0, 0.05) is 34.7 Å². The van der Waals surface area contributed by atoms with Gasteiger partial charge in [0.15, 0.2) is 0 Å². The molecule has 1 aliphatic carbocycles. The normalized spacial score (nSPS) is 28.8. The van der Waals surface area contributed by atoms with E-state index in [1.54, 1.807) is 0 Å². The Morgan fingerprint density at radius 2 is 2.28 bits per heavy atom. The minimum atomic E-state index is 0.299. The van der Waals surface area contributed by atoms with Gasteiger partial charge in [0.2, 0.25) is 0 Å². The molecule has 1 heterocycles. The zero-order valence-electron chi connectivity index (χ0n) is 10.3. The lowest BCUT2D eigenvalue weighted by atomic mass is 10.0. The van der Waals surface area contributed by atoms with Gasteiger partial charge in [-0.3, -0.25) is 4.90 Å². The summed E-state index contributed by atoms with van der Waals surface area (Å²) < 4.78 is 1.12. The van der Waals surface area contributed by atoms with Crippen LogP contribution in [0.25, 0.3) is 0 Å². The maximum Gasteiger partial charge on any atom is 0.0485 e. The van der Waals surface area contributed by atoms with Gasteiger partial charge in [-0.25, -0.2) is 0 Å². The molecule has 3 atom stereocenters. The molecule has 1 aromatic carbocycles. The molecule has 2 bridgehead atoms. The molecule has 3 rings (SSSR count). The summed E-state index contributed by atoms with van der Waals surface area (Å²) in [5, 5.41) is 0.788. The first-order valence-corrected chi connectivity index (χ1v) is 7.77. The summed E-state index contributed by atoms with van der Waals surface area (Å²) in [6.07, 6.45) is 4.09. The van der Waals surface area contributed by atoms with E-state index in [2.05, 4.69) is 26.9 Å². The van der Waals surface area contributed by atoms with Crippen LogP contribution in [0.5, 0.6) is 0 Å². The van der Waals surface area contributed by atoms with Gasteiger partial charge in [-0.2, -0.15) is 0 Å². The molecule has 0 amide bonds. The maximum absolute atomic E-state index is 6.12. The van der Waals surface area contributed by atoms with Gasteiger partial charge in [-0.15, -0.1) is 0 Å². The summed E-state index contributed by atoms with van der Waals surface area (Å²) in [4.78, 5) is 2.59. The fraction of sp³-hybridized carbons (Fsp3) is 0.571. The molecular weight excluding hydrogens is 312 g/mol. The molecule has 18 heavy (non-hydrogen) atoms. The van der Waals surface area contributed by atoms with Crippen LogP contribution in [0, 0.1) is 5.92 Å². The van der Waals surface area contributed by atoms with Gasteiger partial charge in [0.1, 0.15) is 0 Å². The van der Waals surface area contributed by atoms with Crippen molar-refractivity contribution in [3.8, 4) is 0 Å². The number of nitrogens with two attached hydrogens (primary N) is 1. The van der Waals surface area contributed by atoms with Crippen LogP contribution in [0.2, 0.25) is 5.02 Å². The molecule has 2 aliphatic rings. The number of nitrogens with zero attached hydrogens (tertiary/aromatic N) is 1. The van der Waals surface area contributed by atoms with Gasteiger partial charge in [0.05, 0.1) is 0 Å². The average molecular weight is 330 g/mol. The fourth-order valence-electron chi connectivity index (χ4n) is 3.56. The summed E-state index contributed by atoms with van der Waals surface area (Å²) in [5.41, 5.74) is 7.26. The van der Waals surface area contributed by atoms with E-state index in [0.29, 0.717) is 12.6 Å². The number of piperidine rings is 1. The van der Waals surface area contributed by atoms with Crippen LogP contribution in [0.3, 0.4) is 0 Å². The molecule has 2 fully saturated rings. The molecule has 1 aliphatic heterocycles. The Labute approximate surface area is 122 Å². The van der Waals surface area contributed by atoms with Gasteiger partial charge < -0.3 is 5.73 Å². The first kappa shape index (κ1) is 12.9. The van der Waals surface area contributed by atoms with Crippen molar-refractivity contribution < 1.29 is 0 Å². The summed E-state index contributed by atoms with van der Waals surface area (Å²) in [6, 6.07) is 7.02. The van der Waals surface area contributed by atoms with E-state index in [0.717, 1.165) is 21.5 Å². The highest BCUT2D eigenvalue weighted by Gasteiger charge is 2.41. The Balaban J connectivity index is 1.90. The largest absolute Gasteiger partial charge is 0.329 e. The van der Waals surface area contributed by atoms with Crippen LogP contribution in [-0.4, -0.2) is 24.0 Å². The second-order valence-electron chi connectivity index (χ2n) is 5.45. The molecular formula is C14H18BrClN2. The lowest BCUT2D eigenvalue weighted by Crippen LogP contribution is -2.39. The van der Waals surface area contributed by atoms with E-state index in [-0.39, 0.29) is 0 Å². The zero-order valence-corrected chi connectivity index (χ0v) is 12.6. The maximum atomic E-state index is 6.12. The molecule has 1 saturated carbocycles. The lowest BCUT2D eigenvalue weighted by molar-refractivity contribution is 0.152. The lowest BCUT2D eigenvalue weighted by Gasteiger charge is -2.35. The van der Waals surface area contributed by atoms with Crippen molar-refractivity contribution in [3.05, 3.63) is 33.3 Å². The fourth-order valence-corrected chi connectivity index (χ4v) is 4.25. The van der Waals surface area contributed by atoms with Crippen LogP contribution in [0.4, 0.5) is 0 Å². The first-order chi connectivity index (χ1) is 8.69. The van der Waals surface area contributed by atoms with Crippen molar-refractivity contribution in [3.63, 3.8) is 0 Å². The number of benzene rings is 1. The Morgan fingerprint density at radius 3 is 2.89 bits per heavy atom. The summed E-state index contributed by atoms with van der Waals surface area (Å²) in [7, 11) is 0. The van der Waals surface area contributed by atoms with Crippen LogP contribution < -0.4 is 5.73 Å². The third-order valence-corrected chi connectivity index (χ3v) is 5.35. The quantitative estimate of drug-likeness (QED) is 0.918. The first-order valence-electron chi connectivity index (χ1n) is 6.60. The van der Waals surface area contributed by atoms with E-state index in [4.69, 9.17) is 17.3 Å². The SMILES string of the molecule is NCC(c1cc(Cl)ccc1Br)N1CC2CCC1C2. The highest BCUT2D eigenvalue weighted by molar-refractivity contribution is 9.10. The van der Waals surface area contributed by atoms with E-state index in [1.807, 2.05) is 12.1 Å². The van der Waals surface area contributed by atoms with Crippen molar-refractivity contribution in [1.29, 1.82) is 0 Å². The Kier molecular flexibility index (Phi) is 3.68. The summed E-state index contributed by atoms with van der Waals surface area (Å²) >= 11 is 9.75. The summed E-state index contributed by atoms with van der Waals surface area (Å²) in [5.74, 6) is 0.891. The smallest absolute Gasteiger partial charge is 0.0485 e. The third kappa shape index (κ3) is 2.22. The average Bonchev–Trinajstić information content (AvgIpc) is 2.97. The molecule has 4 heteroatoms. The van der Waals surface area contributed by atoms with E-state index >= 15 is 0 Å². The van der Waals surface area contributed by atoms with Crippen molar-refractivity contribution >= 4 is 27.5 Å². The van der Waals surface area contributed by atoms with E-state index in [1.165, 1.54) is 31.4 Å². The molecule has 3 unspecified atom stereocenters. The van der Waals surface area contributed by atoms with Gasteiger partial charge in [-0.1, -0.05) is 27.5 Å². The molecule has 2 nitrogen and oxygen atoms in total. The third-order valence-electron chi connectivity index (χ3n) is 4.39. The molecule has 2 N–H and O–H groups in total. The topological polar surface area (TPSA) is 29.3 Å². The monoisotopic (exact) mass is 328 g/mol. The number of hydrogen-bond acceptors (Lipinski definition) is 2. The summed E-state index contributed by atoms with van der Waals surface area (Å²) in [6.45, 7) is 1.85. The van der Waals surface area contributed by atoms with Crippen molar-refractivity contribution in [2.45, 2.75) is 31.3 Å². The number of likely N-dealkylation sites (tertiary alicyclic amines) is 1. The predicted octanol–water partition coefficient (Wildman–Crippen LogP) is 3.59. The van der Waals surface area contributed by atoms with E-state index in [9.17, 15) is 0 Å². The minimum Gasteiger partial charge on any atom is -0.329 e. The second-order valence-corrected chi connectivity index (χ2v) is 6.74. The van der Waals surface area contributed by atoms with Crippen LogP contribution in [0.15, 0.2) is 22.7 Å². The van der Waals surface area contributed by atoms with Crippen LogP contribution in [0.1, 0.15) is 30.9 Å². The Hall–Kier alpha value is -0.0900. The molecule has 0 radical (unpaired) electrons. The predicted molar refractivity (Wildman–Crippen MR) is 78.8 cm³/mol. The highest BCUT2D eigenvalue weighted by atomic mass is 79.9. The zero-order chi connectivity index (χ0) is 12.7. The molecule has 1 aromatic rings. The number of hydrogen-bond donors (Lipinski definition) is 1. The Morgan fingerprint density at radius 1 is 1.44 bits per heavy atom. The standard InChI is InChI=1S/C14H18BrClN2/c15-13-4-2-10(16)6-12(13)14(7-17)18-8-9-1-3-11(18)5-9/h2,4,6,9,11,14H,1,3,5,7-8,17H2. The minimum absolute atomic E-state index is 0.299.